The highest BCUT2D eigenvalue weighted by Gasteiger charge is 2.05. The first-order valence-corrected chi connectivity index (χ1v) is 7.42. The van der Waals surface area contributed by atoms with Crippen LogP contribution in [0.1, 0.15) is 0 Å². The van der Waals surface area contributed by atoms with E-state index in [1.54, 1.807) is 17.7 Å². The van der Waals surface area contributed by atoms with Gasteiger partial charge in [0.2, 0.25) is 0 Å². The van der Waals surface area contributed by atoms with Crippen LogP contribution in [0.25, 0.3) is 21.0 Å². The zero-order valence-electron chi connectivity index (χ0n) is 11.1. The predicted molar refractivity (Wildman–Crippen MR) is 89.1 cm³/mol. The predicted octanol–water partition coefficient (Wildman–Crippen LogP) is 4.17. The molecule has 4 aromatic rings. The van der Waals surface area contributed by atoms with E-state index in [-0.39, 0.29) is 0 Å². The summed E-state index contributed by atoms with van der Waals surface area (Å²) in [6.07, 6.45) is 1.55. The van der Waals surface area contributed by atoms with Gasteiger partial charge in [0.05, 0.1) is 5.52 Å². The fourth-order valence-electron chi connectivity index (χ4n) is 2.35. The Morgan fingerprint density at radius 1 is 1.00 bits per heavy atom. The van der Waals surface area contributed by atoms with E-state index in [4.69, 9.17) is 5.73 Å². The number of anilines is 3. The molecule has 3 N–H and O–H groups in total. The van der Waals surface area contributed by atoms with Crippen molar-refractivity contribution in [1.82, 2.24) is 9.97 Å². The average molecular weight is 292 g/mol. The minimum Gasteiger partial charge on any atom is -0.399 e. The van der Waals surface area contributed by atoms with Gasteiger partial charge in [-0.1, -0.05) is 0 Å². The van der Waals surface area contributed by atoms with Crippen LogP contribution in [0.2, 0.25) is 0 Å². The Morgan fingerprint density at radius 2 is 1.95 bits per heavy atom. The maximum Gasteiger partial charge on any atom is 0.141 e. The molecule has 0 bridgehead atoms. The molecule has 4 rings (SSSR count). The number of hydrogen-bond acceptors (Lipinski definition) is 5. The largest absolute Gasteiger partial charge is 0.399 e. The maximum atomic E-state index is 5.80. The van der Waals surface area contributed by atoms with E-state index in [1.807, 2.05) is 18.2 Å². The summed E-state index contributed by atoms with van der Waals surface area (Å²) in [5, 5.41) is 7.64. The van der Waals surface area contributed by atoms with Crippen molar-refractivity contribution in [2.75, 3.05) is 11.1 Å². The van der Waals surface area contributed by atoms with Gasteiger partial charge in [-0.05, 0) is 53.2 Å². The van der Waals surface area contributed by atoms with Gasteiger partial charge < -0.3 is 11.1 Å². The highest BCUT2D eigenvalue weighted by Crippen LogP contribution is 2.28. The normalized spacial score (nSPS) is 11.0. The van der Waals surface area contributed by atoms with Crippen molar-refractivity contribution >= 4 is 49.5 Å². The van der Waals surface area contributed by atoms with E-state index in [2.05, 4.69) is 44.9 Å². The lowest BCUT2D eigenvalue weighted by Gasteiger charge is -2.08. The Morgan fingerprint density at radius 3 is 2.90 bits per heavy atom. The molecule has 0 fully saturated rings. The first-order valence-electron chi connectivity index (χ1n) is 6.54. The molecule has 0 aliphatic carbocycles. The fourth-order valence-corrected chi connectivity index (χ4v) is 3.13. The van der Waals surface area contributed by atoms with Crippen molar-refractivity contribution in [1.29, 1.82) is 0 Å². The lowest BCUT2D eigenvalue weighted by molar-refractivity contribution is 1.22. The third-order valence-corrected chi connectivity index (χ3v) is 4.27. The average Bonchev–Trinajstić information content (AvgIpc) is 2.95. The zero-order chi connectivity index (χ0) is 14.2. The minimum atomic E-state index is 0.701. The number of nitrogens with zero attached hydrogens (tertiary/aromatic N) is 2. The first-order chi connectivity index (χ1) is 10.3. The van der Waals surface area contributed by atoms with Gasteiger partial charge in [-0.3, -0.25) is 0 Å². The molecule has 2 aromatic carbocycles. The molecule has 0 aliphatic rings. The van der Waals surface area contributed by atoms with Gasteiger partial charge >= 0.3 is 0 Å². The molecule has 0 amide bonds. The Balaban J connectivity index is 1.79. The van der Waals surface area contributed by atoms with Crippen molar-refractivity contribution in [2.45, 2.75) is 0 Å². The SMILES string of the molecule is Nc1ccc2c(Nc3ccc4sccc4c3)ncnc2c1. The molecule has 0 saturated heterocycles. The second kappa shape index (κ2) is 4.71. The number of fused-ring (bicyclic) bond motifs is 2. The van der Waals surface area contributed by atoms with E-state index in [0.29, 0.717) is 5.69 Å². The van der Waals surface area contributed by atoms with Crippen molar-refractivity contribution < 1.29 is 0 Å². The molecule has 4 nitrogen and oxygen atoms in total. The molecule has 21 heavy (non-hydrogen) atoms. The second-order valence-corrected chi connectivity index (χ2v) is 5.74. The smallest absolute Gasteiger partial charge is 0.141 e. The van der Waals surface area contributed by atoms with E-state index >= 15 is 0 Å². The van der Waals surface area contributed by atoms with E-state index in [1.165, 1.54) is 10.1 Å². The van der Waals surface area contributed by atoms with Gasteiger partial charge in [0.1, 0.15) is 12.1 Å². The molecule has 0 aliphatic heterocycles. The summed E-state index contributed by atoms with van der Waals surface area (Å²) in [6, 6.07) is 14.1. The number of hydrogen-bond donors (Lipinski definition) is 2. The number of aromatic nitrogens is 2. The van der Waals surface area contributed by atoms with Gasteiger partial charge in [-0.2, -0.15) is 0 Å². The molecule has 0 radical (unpaired) electrons. The number of benzene rings is 2. The van der Waals surface area contributed by atoms with Crippen molar-refractivity contribution in [3.8, 4) is 0 Å². The minimum absolute atomic E-state index is 0.701. The molecule has 0 atom stereocenters. The third-order valence-electron chi connectivity index (χ3n) is 3.38. The number of nitrogens with two attached hydrogens (primary N) is 1. The summed E-state index contributed by atoms with van der Waals surface area (Å²) in [4.78, 5) is 8.60. The Bertz CT molecular complexity index is 945. The summed E-state index contributed by atoms with van der Waals surface area (Å²) in [7, 11) is 0. The van der Waals surface area contributed by atoms with Crippen molar-refractivity contribution in [3.63, 3.8) is 0 Å². The van der Waals surface area contributed by atoms with E-state index in [0.717, 1.165) is 22.4 Å². The van der Waals surface area contributed by atoms with Gasteiger partial charge in [-0.15, -0.1) is 11.3 Å². The standard InChI is InChI=1S/C16H12N4S/c17-11-1-3-13-14(8-11)18-9-19-16(13)20-12-2-4-15-10(7-12)5-6-21-15/h1-9H,17H2,(H,18,19,20). The second-order valence-electron chi connectivity index (χ2n) is 4.80. The summed E-state index contributed by atoms with van der Waals surface area (Å²) < 4.78 is 1.28. The van der Waals surface area contributed by atoms with Crippen LogP contribution in [0.15, 0.2) is 54.2 Å². The van der Waals surface area contributed by atoms with Crippen LogP contribution in [-0.2, 0) is 0 Å². The van der Waals surface area contributed by atoms with Crippen LogP contribution in [0.5, 0.6) is 0 Å². The van der Waals surface area contributed by atoms with Crippen LogP contribution in [0.4, 0.5) is 17.2 Å². The topological polar surface area (TPSA) is 63.8 Å². The van der Waals surface area contributed by atoms with Crippen molar-refractivity contribution in [2.24, 2.45) is 0 Å². The molecule has 5 heteroatoms. The van der Waals surface area contributed by atoms with Crippen LogP contribution in [0, 0.1) is 0 Å². The molecular weight excluding hydrogens is 280 g/mol. The summed E-state index contributed by atoms with van der Waals surface area (Å²) >= 11 is 1.74. The fraction of sp³-hybridized carbons (Fsp3) is 0. The summed E-state index contributed by atoms with van der Waals surface area (Å²) in [5.41, 5.74) is 8.35. The lowest BCUT2D eigenvalue weighted by atomic mass is 10.2. The van der Waals surface area contributed by atoms with Crippen molar-refractivity contribution in [3.05, 3.63) is 54.2 Å². The van der Waals surface area contributed by atoms with Crippen LogP contribution in [-0.4, -0.2) is 9.97 Å². The van der Waals surface area contributed by atoms with Gasteiger partial charge in [0.25, 0.3) is 0 Å². The zero-order valence-corrected chi connectivity index (χ0v) is 11.9. The molecule has 0 saturated carbocycles. The van der Waals surface area contributed by atoms with E-state index in [9.17, 15) is 0 Å². The molecular formula is C16H12N4S. The monoisotopic (exact) mass is 292 g/mol. The molecule has 102 valence electrons. The van der Waals surface area contributed by atoms with Crippen LogP contribution < -0.4 is 11.1 Å². The molecule has 0 unspecified atom stereocenters. The highest BCUT2D eigenvalue weighted by molar-refractivity contribution is 7.17. The summed E-state index contributed by atoms with van der Waals surface area (Å²) in [5.74, 6) is 0.787. The van der Waals surface area contributed by atoms with Gasteiger partial charge in [0.15, 0.2) is 0 Å². The highest BCUT2D eigenvalue weighted by atomic mass is 32.1. The lowest BCUT2D eigenvalue weighted by Crippen LogP contribution is -1.96. The number of nitrogen functional groups attached to an aromatic ring is 1. The molecule has 2 aromatic heterocycles. The van der Waals surface area contributed by atoms with Gasteiger partial charge in [-0.25, -0.2) is 9.97 Å². The summed E-state index contributed by atoms with van der Waals surface area (Å²) in [6.45, 7) is 0. The maximum absolute atomic E-state index is 5.80. The molecule has 0 spiro atoms. The first kappa shape index (κ1) is 12.1. The van der Waals surface area contributed by atoms with E-state index < -0.39 is 0 Å². The van der Waals surface area contributed by atoms with Crippen LogP contribution >= 0.6 is 11.3 Å². The van der Waals surface area contributed by atoms with Gasteiger partial charge in [0, 0.05) is 21.5 Å². The Hall–Kier alpha value is -2.66. The number of rotatable bonds is 2. The van der Waals surface area contributed by atoms with Crippen LogP contribution in [0.3, 0.4) is 0 Å². The quantitative estimate of drug-likeness (QED) is 0.544. The number of thiophene rings is 1. The third kappa shape index (κ3) is 2.17. The molecule has 2 heterocycles. The Labute approximate surface area is 125 Å². The Kier molecular flexibility index (Phi) is 2.72. The number of nitrogens with one attached hydrogen (secondary N) is 1.